The van der Waals surface area contributed by atoms with Crippen LogP contribution in [0.2, 0.25) is 0 Å². The zero-order chi connectivity index (χ0) is 13.0. The molecule has 18 heavy (non-hydrogen) atoms. The van der Waals surface area contributed by atoms with Gasteiger partial charge < -0.3 is 15.4 Å². The Morgan fingerprint density at radius 1 is 1.39 bits per heavy atom. The third-order valence-corrected chi connectivity index (χ3v) is 3.67. The summed E-state index contributed by atoms with van der Waals surface area (Å²) in [5, 5.41) is 0. The van der Waals surface area contributed by atoms with Gasteiger partial charge in [0.2, 0.25) is 0 Å². The number of para-hydroxylation sites is 1. The number of anilines is 2. The fourth-order valence-electron chi connectivity index (χ4n) is 2.78. The Labute approximate surface area is 110 Å². The van der Waals surface area contributed by atoms with Gasteiger partial charge in [-0.2, -0.15) is 0 Å². The quantitative estimate of drug-likeness (QED) is 0.813. The molecular weight excluding hydrogens is 224 g/mol. The number of hydrogen-bond acceptors (Lipinski definition) is 3. The van der Waals surface area contributed by atoms with E-state index in [1.54, 1.807) is 0 Å². The summed E-state index contributed by atoms with van der Waals surface area (Å²) in [6, 6.07) is 6.08. The van der Waals surface area contributed by atoms with Crippen LogP contribution in [-0.2, 0) is 0 Å². The first-order valence-corrected chi connectivity index (χ1v) is 7.02. The van der Waals surface area contributed by atoms with Crippen molar-refractivity contribution in [1.29, 1.82) is 0 Å². The lowest BCUT2D eigenvalue weighted by Crippen LogP contribution is -2.21. The van der Waals surface area contributed by atoms with Crippen LogP contribution in [0.15, 0.2) is 18.2 Å². The molecule has 0 aliphatic carbocycles. The Bertz CT molecular complexity index is 392. The fourth-order valence-corrected chi connectivity index (χ4v) is 2.78. The molecule has 1 atom stereocenters. The van der Waals surface area contributed by atoms with Gasteiger partial charge in [-0.25, -0.2) is 0 Å². The van der Waals surface area contributed by atoms with E-state index < -0.39 is 0 Å². The predicted molar refractivity (Wildman–Crippen MR) is 77.3 cm³/mol. The van der Waals surface area contributed by atoms with Crippen LogP contribution in [0.3, 0.4) is 0 Å². The average molecular weight is 248 g/mol. The van der Waals surface area contributed by atoms with E-state index in [1.165, 1.54) is 19.3 Å². The average Bonchev–Trinajstić information content (AvgIpc) is 2.81. The number of nitrogen functional groups attached to an aromatic ring is 1. The maximum absolute atomic E-state index is 6.20. The topological polar surface area (TPSA) is 38.5 Å². The maximum Gasteiger partial charge on any atom is 0.144 e. The molecule has 0 radical (unpaired) electrons. The zero-order valence-corrected chi connectivity index (χ0v) is 11.5. The number of ether oxygens (including phenoxy) is 1. The molecule has 1 saturated heterocycles. The highest BCUT2D eigenvalue weighted by molar-refractivity contribution is 5.74. The van der Waals surface area contributed by atoms with Crippen molar-refractivity contribution in [3.05, 3.63) is 18.2 Å². The molecule has 1 heterocycles. The SMILES string of the molecule is CCCC1CCN(c2cccc(OCC)c2N)C1. The summed E-state index contributed by atoms with van der Waals surface area (Å²) in [6.07, 6.45) is 3.88. The highest BCUT2D eigenvalue weighted by Gasteiger charge is 2.23. The third-order valence-electron chi connectivity index (χ3n) is 3.67. The lowest BCUT2D eigenvalue weighted by atomic mass is 10.0. The Morgan fingerprint density at radius 2 is 2.22 bits per heavy atom. The van der Waals surface area contributed by atoms with Gasteiger partial charge in [-0.15, -0.1) is 0 Å². The molecule has 1 aliphatic heterocycles. The van der Waals surface area contributed by atoms with Crippen molar-refractivity contribution >= 4 is 11.4 Å². The first-order valence-electron chi connectivity index (χ1n) is 7.02. The van der Waals surface area contributed by atoms with E-state index in [4.69, 9.17) is 10.5 Å². The van der Waals surface area contributed by atoms with Crippen LogP contribution in [0, 0.1) is 5.92 Å². The van der Waals surface area contributed by atoms with Crippen LogP contribution < -0.4 is 15.4 Å². The summed E-state index contributed by atoms with van der Waals surface area (Å²) >= 11 is 0. The molecule has 1 aromatic rings. The van der Waals surface area contributed by atoms with Gasteiger partial charge in [-0.05, 0) is 37.8 Å². The lowest BCUT2D eigenvalue weighted by Gasteiger charge is -2.22. The van der Waals surface area contributed by atoms with Gasteiger partial charge in [0, 0.05) is 13.1 Å². The highest BCUT2D eigenvalue weighted by Crippen LogP contribution is 2.35. The van der Waals surface area contributed by atoms with Crippen molar-refractivity contribution < 1.29 is 4.74 Å². The zero-order valence-electron chi connectivity index (χ0n) is 11.5. The van der Waals surface area contributed by atoms with Crippen molar-refractivity contribution in [2.24, 2.45) is 5.92 Å². The van der Waals surface area contributed by atoms with E-state index in [0.29, 0.717) is 6.61 Å². The van der Waals surface area contributed by atoms with E-state index >= 15 is 0 Å². The van der Waals surface area contributed by atoms with Gasteiger partial charge in [0.25, 0.3) is 0 Å². The molecule has 1 fully saturated rings. The van der Waals surface area contributed by atoms with Crippen LogP contribution in [0.4, 0.5) is 11.4 Å². The van der Waals surface area contributed by atoms with Crippen molar-refractivity contribution in [2.75, 3.05) is 30.3 Å². The van der Waals surface area contributed by atoms with E-state index in [0.717, 1.165) is 36.1 Å². The Morgan fingerprint density at radius 3 is 2.94 bits per heavy atom. The van der Waals surface area contributed by atoms with Gasteiger partial charge in [-0.3, -0.25) is 0 Å². The molecular formula is C15H24N2O. The minimum Gasteiger partial charge on any atom is -0.492 e. The normalized spacial score (nSPS) is 19.2. The summed E-state index contributed by atoms with van der Waals surface area (Å²) in [5.41, 5.74) is 8.13. The summed E-state index contributed by atoms with van der Waals surface area (Å²) < 4.78 is 5.56. The smallest absolute Gasteiger partial charge is 0.144 e. The molecule has 0 saturated carbocycles. The third kappa shape index (κ3) is 2.71. The van der Waals surface area contributed by atoms with Gasteiger partial charge in [0.15, 0.2) is 0 Å². The number of benzene rings is 1. The van der Waals surface area contributed by atoms with Gasteiger partial charge in [0.1, 0.15) is 5.75 Å². The lowest BCUT2D eigenvalue weighted by molar-refractivity contribution is 0.342. The molecule has 2 N–H and O–H groups in total. The van der Waals surface area contributed by atoms with Crippen molar-refractivity contribution in [3.8, 4) is 5.75 Å². The summed E-state index contributed by atoms with van der Waals surface area (Å²) in [6.45, 7) is 7.15. The highest BCUT2D eigenvalue weighted by atomic mass is 16.5. The molecule has 0 bridgehead atoms. The van der Waals surface area contributed by atoms with Gasteiger partial charge in [-0.1, -0.05) is 19.4 Å². The molecule has 1 aromatic carbocycles. The Hall–Kier alpha value is -1.38. The first-order chi connectivity index (χ1) is 8.76. The second kappa shape index (κ2) is 5.98. The second-order valence-corrected chi connectivity index (χ2v) is 5.01. The monoisotopic (exact) mass is 248 g/mol. The summed E-state index contributed by atoms with van der Waals surface area (Å²) in [5.74, 6) is 1.64. The molecule has 100 valence electrons. The Kier molecular flexibility index (Phi) is 4.34. The molecule has 1 unspecified atom stereocenters. The first kappa shape index (κ1) is 13.1. The van der Waals surface area contributed by atoms with E-state index in [2.05, 4.69) is 17.9 Å². The van der Waals surface area contributed by atoms with Crippen molar-refractivity contribution in [2.45, 2.75) is 33.1 Å². The molecule has 1 aliphatic rings. The van der Waals surface area contributed by atoms with Gasteiger partial charge >= 0.3 is 0 Å². The van der Waals surface area contributed by atoms with Crippen LogP contribution in [0.1, 0.15) is 33.1 Å². The van der Waals surface area contributed by atoms with Gasteiger partial charge in [0.05, 0.1) is 18.0 Å². The summed E-state index contributed by atoms with van der Waals surface area (Å²) in [7, 11) is 0. The molecule has 0 aromatic heterocycles. The van der Waals surface area contributed by atoms with E-state index in [1.807, 2.05) is 19.1 Å². The number of nitrogens with two attached hydrogens (primary N) is 1. The van der Waals surface area contributed by atoms with E-state index in [9.17, 15) is 0 Å². The largest absolute Gasteiger partial charge is 0.492 e. The molecule has 3 heteroatoms. The molecule has 3 nitrogen and oxygen atoms in total. The predicted octanol–water partition coefficient (Wildman–Crippen LogP) is 3.29. The molecule has 2 rings (SSSR count). The van der Waals surface area contributed by atoms with Crippen LogP contribution >= 0.6 is 0 Å². The number of hydrogen-bond donors (Lipinski definition) is 1. The maximum atomic E-state index is 6.20. The second-order valence-electron chi connectivity index (χ2n) is 5.01. The van der Waals surface area contributed by atoms with Crippen LogP contribution in [-0.4, -0.2) is 19.7 Å². The van der Waals surface area contributed by atoms with Crippen LogP contribution in [0.5, 0.6) is 5.75 Å². The number of rotatable bonds is 5. The molecule has 0 spiro atoms. The minimum atomic E-state index is 0.659. The minimum absolute atomic E-state index is 0.659. The van der Waals surface area contributed by atoms with Crippen LogP contribution in [0.25, 0.3) is 0 Å². The Balaban J connectivity index is 2.12. The standard InChI is InChI=1S/C15H24N2O/c1-3-6-12-9-10-17(11-12)13-7-5-8-14(15(13)16)18-4-2/h5,7-8,12H,3-4,6,9-11,16H2,1-2H3. The molecule has 0 amide bonds. The van der Waals surface area contributed by atoms with Crippen molar-refractivity contribution in [1.82, 2.24) is 0 Å². The number of nitrogens with zero attached hydrogens (tertiary/aromatic N) is 1. The fraction of sp³-hybridized carbons (Fsp3) is 0.600. The van der Waals surface area contributed by atoms with E-state index in [-0.39, 0.29) is 0 Å². The van der Waals surface area contributed by atoms with Crippen molar-refractivity contribution in [3.63, 3.8) is 0 Å². The summed E-state index contributed by atoms with van der Waals surface area (Å²) in [4.78, 5) is 2.40.